The van der Waals surface area contributed by atoms with Crippen molar-refractivity contribution >= 4 is 11.8 Å². The van der Waals surface area contributed by atoms with Crippen molar-refractivity contribution < 1.29 is 4.39 Å². The Kier molecular flexibility index (Phi) is 6.77. The van der Waals surface area contributed by atoms with Crippen LogP contribution >= 0.6 is 11.8 Å². The molecule has 1 N–H and O–H groups in total. The molecule has 0 bridgehead atoms. The second-order valence-corrected chi connectivity index (χ2v) is 6.20. The molecule has 2 aromatic carbocycles. The molecule has 0 aliphatic heterocycles. The zero-order chi connectivity index (χ0) is 14.9. The van der Waals surface area contributed by atoms with Gasteiger partial charge in [-0.15, -0.1) is 11.8 Å². The molecule has 0 aromatic heterocycles. The smallest absolute Gasteiger partial charge is 0.123 e. The van der Waals surface area contributed by atoms with Gasteiger partial charge in [-0.05, 0) is 49.2 Å². The molecule has 0 aliphatic rings. The van der Waals surface area contributed by atoms with Crippen LogP contribution < -0.4 is 5.32 Å². The Bertz CT molecular complexity index is 513. The van der Waals surface area contributed by atoms with E-state index in [4.69, 9.17) is 0 Å². The van der Waals surface area contributed by atoms with Gasteiger partial charge in [0, 0.05) is 16.7 Å². The predicted octanol–water partition coefficient (Wildman–Crippen LogP) is 4.53. The van der Waals surface area contributed by atoms with Crippen molar-refractivity contribution in [2.45, 2.75) is 30.7 Å². The zero-order valence-electron chi connectivity index (χ0n) is 12.4. The minimum atomic E-state index is -0.171. The molecule has 0 saturated heterocycles. The molecule has 0 spiro atoms. The molecule has 0 fully saturated rings. The van der Waals surface area contributed by atoms with Crippen molar-refractivity contribution in [1.82, 2.24) is 5.32 Å². The third-order valence-corrected chi connectivity index (χ3v) is 4.45. The lowest BCUT2D eigenvalue weighted by atomic mass is 10.1. The van der Waals surface area contributed by atoms with E-state index in [1.54, 1.807) is 0 Å². The van der Waals surface area contributed by atoms with E-state index < -0.39 is 0 Å². The Hall–Kier alpha value is -1.32. The summed E-state index contributed by atoms with van der Waals surface area (Å²) in [7, 11) is 0. The quantitative estimate of drug-likeness (QED) is 0.719. The minimum Gasteiger partial charge on any atom is -0.313 e. The maximum atomic E-state index is 13.0. The number of hydrogen-bond acceptors (Lipinski definition) is 2. The molecule has 1 atom stereocenters. The van der Waals surface area contributed by atoms with Crippen molar-refractivity contribution in [1.29, 1.82) is 0 Å². The molecule has 0 heterocycles. The first kappa shape index (κ1) is 16.1. The van der Waals surface area contributed by atoms with E-state index >= 15 is 0 Å². The summed E-state index contributed by atoms with van der Waals surface area (Å²) in [5, 5.41) is 3.59. The van der Waals surface area contributed by atoms with Gasteiger partial charge in [-0.3, -0.25) is 0 Å². The number of thioether (sulfide) groups is 1. The Morgan fingerprint density at radius 1 is 1.05 bits per heavy atom. The van der Waals surface area contributed by atoms with Crippen molar-refractivity contribution in [3.8, 4) is 0 Å². The summed E-state index contributed by atoms with van der Waals surface area (Å²) in [6, 6.07) is 17.7. The second-order valence-electron chi connectivity index (χ2n) is 5.11. The standard InChI is InChI=1S/C18H22FNS/c1-2-12-20-17(13-15-8-10-16(19)11-9-15)14-21-18-6-4-3-5-7-18/h3-11,17,20H,2,12-14H2,1H3. The fourth-order valence-electron chi connectivity index (χ4n) is 2.16. The summed E-state index contributed by atoms with van der Waals surface area (Å²) in [4.78, 5) is 1.29. The van der Waals surface area contributed by atoms with Crippen molar-refractivity contribution in [2.75, 3.05) is 12.3 Å². The lowest BCUT2D eigenvalue weighted by Gasteiger charge is -2.18. The number of hydrogen-bond donors (Lipinski definition) is 1. The van der Waals surface area contributed by atoms with Crippen molar-refractivity contribution in [3.63, 3.8) is 0 Å². The van der Waals surface area contributed by atoms with E-state index in [0.717, 1.165) is 25.1 Å². The average Bonchev–Trinajstić information content (AvgIpc) is 2.53. The Labute approximate surface area is 131 Å². The largest absolute Gasteiger partial charge is 0.313 e. The normalized spacial score (nSPS) is 12.3. The first-order valence-corrected chi connectivity index (χ1v) is 8.42. The van der Waals surface area contributed by atoms with Gasteiger partial charge in [0.1, 0.15) is 5.82 Å². The zero-order valence-corrected chi connectivity index (χ0v) is 13.2. The van der Waals surface area contributed by atoms with E-state index in [2.05, 4.69) is 36.5 Å². The minimum absolute atomic E-state index is 0.171. The van der Waals surface area contributed by atoms with Gasteiger partial charge >= 0.3 is 0 Å². The monoisotopic (exact) mass is 303 g/mol. The summed E-state index contributed by atoms with van der Waals surface area (Å²) < 4.78 is 13.0. The molecule has 0 radical (unpaired) electrons. The van der Waals surface area contributed by atoms with Gasteiger partial charge in [-0.1, -0.05) is 37.3 Å². The van der Waals surface area contributed by atoms with E-state index in [-0.39, 0.29) is 5.82 Å². The summed E-state index contributed by atoms with van der Waals surface area (Å²) in [5.41, 5.74) is 1.18. The predicted molar refractivity (Wildman–Crippen MR) is 89.4 cm³/mol. The van der Waals surface area contributed by atoms with Gasteiger partial charge in [-0.25, -0.2) is 4.39 Å². The highest BCUT2D eigenvalue weighted by Gasteiger charge is 2.09. The molecule has 2 rings (SSSR count). The van der Waals surface area contributed by atoms with Crippen LogP contribution in [0.2, 0.25) is 0 Å². The van der Waals surface area contributed by atoms with Crippen molar-refractivity contribution in [3.05, 3.63) is 66.0 Å². The van der Waals surface area contributed by atoms with Crippen LogP contribution in [0.3, 0.4) is 0 Å². The molecule has 0 saturated carbocycles. The molecule has 1 nitrogen and oxygen atoms in total. The van der Waals surface area contributed by atoms with Crippen LogP contribution in [-0.4, -0.2) is 18.3 Å². The van der Waals surface area contributed by atoms with E-state index in [9.17, 15) is 4.39 Å². The lowest BCUT2D eigenvalue weighted by molar-refractivity contribution is 0.549. The highest BCUT2D eigenvalue weighted by Crippen LogP contribution is 2.19. The number of nitrogens with one attached hydrogen (secondary N) is 1. The summed E-state index contributed by atoms with van der Waals surface area (Å²) in [6.45, 7) is 3.19. The van der Waals surface area contributed by atoms with Crippen molar-refractivity contribution in [2.24, 2.45) is 0 Å². The third kappa shape index (κ3) is 5.90. The molecule has 0 aliphatic carbocycles. The Balaban J connectivity index is 1.92. The van der Waals surface area contributed by atoms with Gasteiger partial charge in [0.15, 0.2) is 0 Å². The summed E-state index contributed by atoms with van der Waals surface area (Å²) in [6.07, 6.45) is 2.05. The second kappa shape index (κ2) is 8.85. The fraction of sp³-hybridized carbons (Fsp3) is 0.333. The fourth-order valence-corrected chi connectivity index (χ4v) is 3.14. The highest BCUT2D eigenvalue weighted by molar-refractivity contribution is 7.99. The van der Waals surface area contributed by atoms with Crippen LogP contribution in [0.15, 0.2) is 59.5 Å². The Morgan fingerprint density at radius 2 is 1.76 bits per heavy atom. The van der Waals surface area contributed by atoms with E-state index in [0.29, 0.717) is 6.04 Å². The molecule has 0 amide bonds. The third-order valence-electron chi connectivity index (χ3n) is 3.27. The van der Waals surface area contributed by atoms with E-state index in [1.165, 1.54) is 22.6 Å². The summed E-state index contributed by atoms with van der Waals surface area (Å²) in [5.74, 6) is 0.844. The SMILES string of the molecule is CCCNC(CSc1ccccc1)Cc1ccc(F)cc1. The molecule has 112 valence electrons. The maximum absolute atomic E-state index is 13.0. The lowest BCUT2D eigenvalue weighted by Crippen LogP contribution is -2.34. The average molecular weight is 303 g/mol. The maximum Gasteiger partial charge on any atom is 0.123 e. The molecular formula is C18H22FNS. The van der Waals surface area contributed by atoms with Crippen LogP contribution in [0.4, 0.5) is 4.39 Å². The van der Waals surface area contributed by atoms with Crippen LogP contribution in [0, 0.1) is 5.82 Å². The first-order valence-electron chi connectivity index (χ1n) is 7.43. The summed E-state index contributed by atoms with van der Waals surface area (Å²) >= 11 is 1.86. The Morgan fingerprint density at radius 3 is 2.43 bits per heavy atom. The molecule has 3 heteroatoms. The molecule has 21 heavy (non-hydrogen) atoms. The highest BCUT2D eigenvalue weighted by atomic mass is 32.2. The van der Waals surface area contributed by atoms with Gasteiger partial charge in [0.05, 0.1) is 0 Å². The van der Waals surface area contributed by atoms with Gasteiger partial charge in [-0.2, -0.15) is 0 Å². The number of rotatable bonds is 8. The van der Waals surface area contributed by atoms with E-state index in [1.807, 2.05) is 30.0 Å². The number of halogens is 1. The topological polar surface area (TPSA) is 12.0 Å². The molecule has 1 unspecified atom stereocenters. The molecular weight excluding hydrogens is 281 g/mol. The van der Waals surface area contributed by atoms with Gasteiger partial charge in [0.2, 0.25) is 0 Å². The van der Waals surface area contributed by atoms with Crippen LogP contribution in [-0.2, 0) is 6.42 Å². The van der Waals surface area contributed by atoms with Crippen LogP contribution in [0.1, 0.15) is 18.9 Å². The number of benzene rings is 2. The van der Waals surface area contributed by atoms with Crippen LogP contribution in [0.25, 0.3) is 0 Å². The van der Waals surface area contributed by atoms with Gasteiger partial charge < -0.3 is 5.32 Å². The molecule has 2 aromatic rings. The van der Waals surface area contributed by atoms with Crippen LogP contribution in [0.5, 0.6) is 0 Å². The van der Waals surface area contributed by atoms with Gasteiger partial charge in [0.25, 0.3) is 0 Å². The first-order chi connectivity index (χ1) is 10.3.